The lowest BCUT2D eigenvalue weighted by atomic mass is 9.92. The molecule has 0 amide bonds. The fourth-order valence-corrected chi connectivity index (χ4v) is 5.21. The molecule has 2 nitrogen and oxygen atoms in total. The largest absolute Gasteiger partial charge is 0.354 e. The predicted molar refractivity (Wildman–Crippen MR) is 135 cm³/mol. The van der Waals surface area contributed by atoms with Gasteiger partial charge in [-0.1, -0.05) is 78.9 Å². The first-order valence-electron chi connectivity index (χ1n) is 11.0. The molecule has 0 saturated heterocycles. The van der Waals surface area contributed by atoms with Gasteiger partial charge < -0.3 is 9.88 Å². The van der Waals surface area contributed by atoms with Crippen LogP contribution in [0.5, 0.6) is 0 Å². The molecule has 2 heterocycles. The molecule has 0 radical (unpaired) electrons. The average Bonchev–Trinajstić information content (AvgIpc) is 3.18. The van der Waals surface area contributed by atoms with Crippen LogP contribution in [-0.4, -0.2) is 4.98 Å². The average molecular weight is 409 g/mol. The summed E-state index contributed by atoms with van der Waals surface area (Å²) in [5, 5.41) is 2.53. The van der Waals surface area contributed by atoms with E-state index in [1.165, 1.54) is 55.4 Å². The van der Waals surface area contributed by atoms with Crippen LogP contribution in [0.2, 0.25) is 0 Å². The lowest BCUT2D eigenvalue weighted by molar-refractivity contribution is 1.30. The highest BCUT2D eigenvalue weighted by atomic mass is 15.1. The highest BCUT2D eigenvalue weighted by Crippen LogP contribution is 2.53. The van der Waals surface area contributed by atoms with Crippen LogP contribution in [0.3, 0.4) is 0 Å². The first-order valence-corrected chi connectivity index (χ1v) is 11.0. The van der Waals surface area contributed by atoms with Gasteiger partial charge in [0, 0.05) is 38.6 Å². The molecule has 32 heavy (non-hydrogen) atoms. The highest BCUT2D eigenvalue weighted by molar-refractivity contribution is 6.20. The van der Waals surface area contributed by atoms with Gasteiger partial charge >= 0.3 is 0 Å². The Hall–Kier alpha value is -4.30. The predicted octanol–water partition coefficient (Wildman–Crippen LogP) is 8.44. The topological polar surface area (TPSA) is 19.0 Å². The van der Waals surface area contributed by atoms with E-state index in [0.29, 0.717) is 0 Å². The fraction of sp³-hybridized carbons (Fsp3) is 0. The van der Waals surface area contributed by atoms with Crippen molar-refractivity contribution >= 4 is 38.9 Å². The van der Waals surface area contributed by atoms with Gasteiger partial charge in [-0.05, 0) is 47.5 Å². The zero-order chi connectivity index (χ0) is 21.1. The molecule has 0 saturated carbocycles. The van der Waals surface area contributed by atoms with Gasteiger partial charge in [0.1, 0.15) is 0 Å². The number of benzene rings is 5. The number of para-hydroxylation sites is 3. The van der Waals surface area contributed by atoms with Crippen LogP contribution in [0.15, 0.2) is 115 Å². The fourth-order valence-electron chi connectivity index (χ4n) is 5.21. The van der Waals surface area contributed by atoms with Crippen molar-refractivity contribution in [1.82, 2.24) is 4.98 Å². The summed E-state index contributed by atoms with van der Waals surface area (Å²) in [7, 11) is 0. The van der Waals surface area contributed by atoms with Gasteiger partial charge in [0.25, 0.3) is 0 Å². The Morgan fingerprint density at radius 2 is 1.16 bits per heavy atom. The Kier molecular flexibility index (Phi) is 3.58. The third-order valence-electron chi connectivity index (χ3n) is 6.54. The first kappa shape index (κ1) is 17.4. The molecule has 0 bridgehead atoms. The van der Waals surface area contributed by atoms with Crippen LogP contribution in [0, 0.1) is 0 Å². The quantitative estimate of drug-likeness (QED) is 0.289. The van der Waals surface area contributed by atoms with Crippen LogP contribution in [0.25, 0.3) is 44.1 Å². The molecule has 2 heteroatoms. The van der Waals surface area contributed by atoms with Crippen LogP contribution < -0.4 is 4.90 Å². The zero-order valence-corrected chi connectivity index (χ0v) is 17.4. The van der Waals surface area contributed by atoms with Gasteiger partial charge in [0.2, 0.25) is 0 Å². The summed E-state index contributed by atoms with van der Waals surface area (Å²) in [4.78, 5) is 6.05. The molecule has 0 aliphatic carbocycles. The summed E-state index contributed by atoms with van der Waals surface area (Å²) in [6.07, 6.45) is 0. The van der Waals surface area contributed by atoms with Crippen LogP contribution in [0.1, 0.15) is 0 Å². The van der Waals surface area contributed by atoms with E-state index in [1.54, 1.807) is 0 Å². The molecule has 150 valence electrons. The van der Waals surface area contributed by atoms with Crippen molar-refractivity contribution in [2.45, 2.75) is 0 Å². The van der Waals surface area contributed by atoms with Crippen molar-refractivity contribution in [3.05, 3.63) is 115 Å². The molecule has 7 rings (SSSR count). The van der Waals surface area contributed by atoms with Gasteiger partial charge in [-0.15, -0.1) is 0 Å². The zero-order valence-electron chi connectivity index (χ0n) is 17.4. The van der Waals surface area contributed by atoms with E-state index in [0.717, 1.165) is 5.69 Å². The summed E-state index contributed by atoms with van der Waals surface area (Å²) >= 11 is 0. The minimum Gasteiger partial charge on any atom is -0.354 e. The molecule has 1 N–H and O–H groups in total. The second kappa shape index (κ2) is 6.60. The highest BCUT2D eigenvalue weighted by Gasteiger charge is 2.28. The number of H-pyrrole nitrogens is 1. The first-order chi connectivity index (χ1) is 15.9. The van der Waals surface area contributed by atoms with Gasteiger partial charge in [-0.3, -0.25) is 0 Å². The van der Waals surface area contributed by atoms with Gasteiger partial charge in [0.05, 0.1) is 11.4 Å². The second-order valence-electron chi connectivity index (χ2n) is 8.29. The van der Waals surface area contributed by atoms with E-state index in [4.69, 9.17) is 0 Å². The van der Waals surface area contributed by atoms with E-state index >= 15 is 0 Å². The number of anilines is 3. The molecule has 1 aliphatic heterocycles. The van der Waals surface area contributed by atoms with Crippen molar-refractivity contribution < 1.29 is 0 Å². The minimum atomic E-state index is 1.16. The van der Waals surface area contributed by atoms with Crippen molar-refractivity contribution in [1.29, 1.82) is 0 Å². The van der Waals surface area contributed by atoms with Crippen molar-refractivity contribution in [2.75, 3.05) is 4.90 Å². The maximum atomic E-state index is 3.64. The summed E-state index contributed by atoms with van der Waals surface area (Å²) in [6.45, 7) is 0. The standard InChI is InChI=1S/C30H20N2/c1-2-10-20(11-3-1)32-27-17-9-7-13-22(27)21-12-4-5-14-23(21)30-28(32)19-18-26-29(30)24-15-6-8-16-25(24)31-26/h1-19,31H. The second-order valence-corrected chi connectivity index (χ2v) is 8.29. The van der Waals surface area contributed by atoms with Gasteiger partial charge in [0.15, 0.2) is 0 Å². The number of hydrogen-bond donors (Lipinski definition) is 1. The maximum absolute atomic E-state index is 3.64. The normalized spacial score (nSPS) is 12.3. The van der Waals surface area contributed by atoms with Crippen molar-refractivity contribution in [2.24, 2.45) is 0 Å². The number of nitrogens with one attached hydrogen (secondary N) is 1. The van der Waals surface area contributed by atoms with E-state index in [-0.39, 0.29) is 0 Å². The molecule has 0 fully saturated rings. The number of fused-ring (bicyclic) bond motifs is 9. The summed E-state index contributed by atoms with van der Waals surface area (Å²) in [5.74, 6) is 0. The lowest BCUT2D eigenvalue weighted by Gasteiger charge is -2.27. The van der Waals surface area contributed by atoms with Crippen LogP contribution in [0.4, 0.5) is 17.1 Å². The van der Waals surface area contributed by atoms with Crippen LogP contribution in [-0.2, 0) is 0 Å². The monoisotopic (exact) mass is 408 g/mol. The lowest BCUT2D eigenvalue weighted by Crippen LogP contribution is -2.10. The molecule has 1 aromatic heterocycles. The Labute approximate surface area is 186 Å². The SMILES string of the molecule is c1ccc(N2c3ccccc3-c3ccccc3-c3c2ccc2[nH]c4ccccc4c32)cc1. The van der Waals surface area contributed by atoms with Crippen molar-refractivity contribution in [3.63, 3.8) is 0 Å². The third kappa shape index (κ3) is 2.35. The Bertz CT molecular complexity index is 1630. The van der Waals surface area contributed by atoms with E-state index in [2.05, 4.69) is 125 Å². The molecular weight excluding hydrogens is 388 g/mol. The Morgan fingerprint density at radius 3 is 2.03 bits per heavy atom. The van der Waals surface area contributed by atoms with Gasteiger partial charge in [-0.25, -0.2) is 0 Å². The van der Waals surface area contributed by atoms with E-state index in [1.807, 2.05) is 0 Å². The Morgan fingerprint density at radius 1 is 0.469 bits per heavy atom. The number of nitrogens with zero attached hydrogens (tertiary/aromatic N) is 1. The number of aromatic amines is 1. The van der Waals surface area contributed by atoms with Crippen molar-refractivity contribution in [3.8, 4) is 22.3 Å². The number of aromatic nitrogens is 1. The molecule has 0 spiro atoms. The van der Waals surface area contributed by atoms with Crippen LogP contribution >= 0.6 is 0 Å². The molecule has 6 aromatic rings. The summed E-state index contributed by atoms with van der Waals surface area (Å²) in [6, 6.07) is 41.3. The molecule has 0 atom stereocenters. The van der Waals surface area contributed by atoms with E-state index < -0.39 is 0 Å². The summed E-state index contributed by atoms with van der Waals surface area (Å²) < 4.78 is 0. The molecule has 0 unspecified atom stereocenters. The maximum Gasteiger partial charge on any atom is 0.0548 e. The Balaban J connectivity index is 1.72. The summed E-state index contributed by atoms with van der Waals surface area (Å²) in [5.41, 5.74) is 10.9. The molecular formula is C30H20N2. The number of rotatable bonds is 1. The third-order valence-corrected chi connectivity index (χ3v) is 6.54. The van der Waals surface area contributed by atoms with E-state index in [9.17, 15) is 0 Å². The number of hydrogen-bond acceptors (Lipinski definition) is 1. The smallest absolute Gasteiger partial charge is 0.0548 e. The minimum absolute atomic E-state index is 1.16. The molecule has 1 aliphatic rings. The van der Waals surface area contributed by atoms with Gasteiger partial charge in [-0.2, -0.15) is 0 Å². The molecule has 5 aromatic carbocycles.